The fourth-order valence-electron chi connectivity index (χ4n) is 1.89. The maximum atomic E-state index is 9.84. The molecule has 6 heteroatoms. The summed E-state index contributed by atoms with van der Waals surface area (Å²) in [5.41, 5.74) is 1.22. The summed E-state index contributed by atoms with van der Waals surface area (Å²) in [6.45, 7) is 1.31. The molecule has 0 radical (unpaired) electrons. The third-order valence-corrected chi connectivity index (χ3v) is 3.45. The van der Waals surface area contributed by atoms with Crippen molar-refractivity contribution in [2.24, 2.45) is 0 Å². The van der Waals surface area contributed by atoms with Crippen molar-refractivity contribution in [2.45, 2.75) is 37.2 Å². The predicted octanol–water partition coefficient (Wildman–Crippen LogP) is 0.911. The van der Waals surface area contributed by atoms with Crippen molar-refractivity contribution >= 4 is 17.7 Å². The Labute approximate surface area is 129 Å². The van der Waals surface area contributed by atoms with Gasteiger partial charge in [-0.05, 0) is 18.6 Å². The van der Waals surface area contributed by atoms with Crippen LogP contribution >= 0.6 is 11.6 Å². The van der Waals surface area contributed by atoms with Crippen molar-refractivity contribution in [1.29, 1.82) is 0 Å². The minimum absolute atomic E-state index is 0.219. The van der Waals surface area contributed by atoms with Gasteiger partial charge in [0.1, 0.15) is 18.0 Å². The molecule has 1 rings (SSSR count). The van der Waals surface area contributed by atoms with Crippen LogP contribution in [0.1, 0.15) is 18.1 Å². The van der Waals surface area contributed by atoms with Crippen molar-refractivity contribution in [2.75, 3.05) is 7.11 Å². The Morgan fingerprint density at radius 3 is 2.43 bits per heavy atom. The second kappa shape index (κ2) is 8.36. The van der Waals surface area contributed by atoms with E-state index in [1.165, 1.54) is 20.1 Å². The highest BCUT2D eigenvalue weighted by Crippen LogP contribution is 2.23. The van der Waals surface area contributed by atoms with E-state index in [4.69, 9.17) is 16.3 Å². The number of aliphatic hydroxyl groups excluding tert-OH is 4. The molecule has 0 amide bonds. The minimum Gasteiger partial charge on any atom is -0.496 e. The highest BCUT2D eigenvalue weighted by atomic mass is 35.5. The Morgan fingerprint density at radius 1 is 1.24 bits per heavy atom. The maximum Gasteiger partial charge on any atom is 0.124 e. The highest BCUT2D eigenvalue weighted by molar-refractivity contribution is 6.20. The van der Waals surface area contributed by atoms with E-state index in [0.29, 0.717) is 16.9 Å². The van der Waals surface area contributed by atoms with Crippen LogP contribution < -0.4 is 4.74 Å². The Kier molecular flexibility index (Phi) is 7.14. The molecule has 0 fully saturated rings. The van der Waals surface area contributed by atoms with Gasteiger partial charge in [0.2, 0.25) is 0 Å². The molecule has 0 saturated carbocycles. The largest absolute Gasteiger partial charge is 0.496 e. The van der Waals surface area contributed by atoms with Crippen LogP contribution in [-0.4, -0.2) is 51.2 Å². The molecular weight excluding hydrogens is 296 g/mol. The molecular formula is C15H21ClO5. The number of rotatable bonds is 7. The van der Waals surface area contributed by atoms with Crippen LogP contribution in [-0.2, 0) is 6.61 Å². The van der Waals surface area contributed by atoms with Crippen LogP contribution in [0.5, 0.6) is 5.75 Å². The third kappa shape index (κ3) is 4.69. The molecule has 0 saturated heterocycles. The fourth-order valence-corrected chi connectivity index (χ4v) is 2.04. The molecule has 4 atom stereocenters. The molecule has 4 N–H and O–H groups in total. The van der Waals surface area contributed by atoms with E-state index in [9.17, 15) is 20.4 Å². The van der Waals surface area contributed by atoms with Crippen LogP contribution in [0.2, 0.25) is 0 Å². The van der Waals surface area contributed by atoms with Crippen LogP contribution in [0.4, 0.5) is 0 Å². The molecule has 0 aliphatic rings. The molecule has 0 heterocycles. The number of hydrogen-bond acceptors (Lipinski definition) is 5. The van der Waals surface area contributed by atoms with Gasteiger partial charge in [-0.2, -0.15) is 0 Å². The number of hydrogen-bond donors (Lipinski definition) is 4. The second-order valence-electron chi connectivity index (χ2n) is 4.69. The summed E-state index contributed by atoms with van der Waals surface area (Å²) in [7, 11) is 1.50. The zero-order valence-corrected chi connectivity index (χ0v) is 12.7. The topological polar surface area (TPSA) is 90.2 Å². The van der Waals surface area contributed by atoms with Gasteiger partial charge in [0.15, 0.2) is 0 Å². The SMILES string of the molecule is COc1cccc(/C=C/[C@@H](O)[C@@H](O)[C@H](O)[C@H](C)Cl)c1CO. The molecule has 1 aromatic carbocycles. The van der Waals surface area contributed by atoms with E-state index in [2.05, 4.69) is 0 Å². The molecule has 0 unspecified atom stereocenters. The van der Waals surface area contributed by atoms with Gasteiger partial charge in [-0.1, -0.05) is 24.3 Å². The van der Waals surface area contributed by atoms with E-state index in [1.807, 2.05) is 0 Å². The molecule has 21 heavy (non-hydrogen) atoms. The molecule has 118 valence electrons. The summed E-state index contributed by atoms with van der Waals surface area (Å²) >= 11 is 5.68. The second-order valence-corrected chi connectivity index (χ2v) is 5.38. The molecule has 5 nitrogen and oxygen atoms in total. The molecule has 0 aliphatic carbocycles. The number of aliphatic hydroxyl groups is 4. The first-order valence-corrected chi connectivity index (χ1v) is 6.99. The standard InChI is InChI=1S/C15H21ClO5/c1-9(16)14(19)15(20)12(18)7-6-10-4-3-5-13(21-2)11(10)8-17/h3-7,9,12,14-15,17-20H,8H2,1-2H3/b7-6+/t9-,12+,14+,15+/m0/s1. The molecule has 0 aliphatic heterocycles. The summed E-state index contributed by atoms with van der Waals surface area (Å²) in [5.74, 6) is 0.532. The average Bonchev–Trinajstić information content (AvgIpc) is 2.50. The number of alkyl halides is 1. The van der Waals surface area contributed by atoms with Gasteiger partial charge in [-0.3, -0.25) is 0 Å². The van der Waals surface area contributed by atoms with E-state index >= 15 is 0 Å². The van der Waals surface area contributed by atoms with Gasteiger partial charge in [-0.25, -0.2) is 0 Å². The normalized spacial score (nSPS) is 17.5. The third-order valence-electron chi connectivity index (χ3n) is 3.19. The lowest BCUT2D eigenvalue weighted by Gasteiger charge is -2.22. The lowest BCUT2D eigenvalue weighted by molar-refractivity contribution is -0.0401. The van der Waals surface area contributed by atoms with Crippen LogP contribution in [0.3, 0.4) is 0 Å². The van der Waals surface area contributed by atoms with Crippen molar-refractivity contribution in [3.05, 3.63) is 35.4 Å². The summed E-state index contributed by atoms with van der Waals surface area (Å²) in [4.78, 5) is 0. The van der Waals surface area contributed by atoms with Gasteiger partial charge in [0, 0.05) is 5.56 Å². The van der Waals surface area contributed by atoms with E-state index in [1.54, 1.807) is 24.3 Å². The Morgan fingerprint density at radius 2 is 1.90 bits per heavy atom. The van der Waals surface area contributed by atoms with Crippen LogP contribution in [0.15, 0.2) is 24.3 Å². The summed E-state index contributed by atoms with van der Waals surface area (Å²) in [6.07, 6.45) is -1.03. The van der Waals surface area contributed by atoms with Gasteiger partial charge < -0.3 is 25.2 Å². The lowest BCUT2D eigenvalue weighted by Crippen LogP contribution is -2.40. The van der Waals surface area contributed by atoms with Gasteiger partial charge in [-0.15, -0.1) is 11.6 Å². The Bertz CT molecular complexity index is 475. The van der Waals surface area contributed by atoms with Gasteiger partial charge in [0.25, 0.3) is 0 Å². The summed E-state index contributed by atoms with van der Waals surface area (Å²) < 4.78 is 5.14. The molecule has 1 aromatic rings. The zero-order chi connectivity index (χ0) is 16.0. The Hall–Kier alpha value is -1.11. The summed E-state index contributed by atoms with van der Waals surface area (Å²) in [6, 6.07) is 5.20. The first-order chi connectivity index (χ1) is 9.92. The van der Waals surface area contributed by atoms with Crippen molar-refractivity contribution < 1.29 is 25.2 Å². The lowest BCUT2D eigenvalue weighted by atomic mass is 10.0. The maximum absolute atomic E-state index is 9.84. The Balaban J connectivity index is 2.90. The number of ether oxygens (including phenoxy) is 1. The minimum atomic E-state index is -1.39. The van der Waals surface area contributed by atoms with Gasteiger partial charge >= 0.3 is 0 Å². The van der Waals surface area contributed by atoms with Crippen molar-refractivity contribution in [3.63, 3.8) is 0 Å². The quantitative estimate of drug-likeness (QED) is 0.561. The predicted molar refractivity (Wildman–Crippen MR) is 81.3 cm³/mol. The first kappa shape index (κ1) is 17.9. The number of halogens is 1. The first-order valence-electron chi connectivity index (χ1n) is 6.55. The smallest absolute Gasteiger partial charge is 0.124 e. The van der Waals surface area contributed by atoms with Crippen molar-refractivity contribution in [3.8, 4) is 5.75 Å². The van der Waals surface area contributed by atoms with E-state index < -0.39 is 23.7 Å². The fraction of sp³-hybridized carbons (Fsp3) is 0.467. The van der Waals surface area contributed by atoms with Crippen LogP contribution in [0.25, 0.3) is 6.08 Å². The number of methoxy groups -OCH3 is 1. The molecule has 0 aromatic heterocycles. The van der Waals surface area contributed by atoms with E-state index in [0.717, 1.165) is 0 Å². The molecule has 0 bridgehead atoms. The molecule has 0 spiro atoms. The van der Waals surface area contributed by atoms with Crippen LogP contribution in [0, 0.1) is 0 Å². The summed E-state index contributed by atoms with van der Waals surface area (Å²) in [5, 5.41) is 37.9. The average molecular weight is 317 g/mol. The van der Waals surface area contributed by atoms with Gasteiger partial charge in [0.05, 0.1) is 25.2 Å². The zero-order valence-electron chi connectivity index (χ0n) is 12.0. The highest BCUT2D eigenvalue weighted by Gasteiger charge is 2.26. The monoisotopic (exact) mass is 316 g/mol. The number of benzene rings is 1. The van der Waals surface area contributed by atoms with Crippen molar-refractivity contribution in [1.82, 2.24) is 0 Å². The van der Waals surface area contributed by atoms with E-state index in [-0.39, 0.29) is 6.61 Å².